The summed E-state index contributed by atoms with van der Waals surface area (Å²) in [7, 11) is 0. The molecule has 1 aliphatic rings. The highest BCUT2D eigenvalue weighted by molar-refractivity contribution is 7.99. The molecule has 1 amide bonds. The SMILES string of the molecule is Cl.O=C(CC1CNCCO1)Nc1ccc(SC(F)F)cc1. The summed E-state index contributed by atoms with van der Waals surface area (Å²) in [6.45, 7) is 2.08. The van der Waals surface area contributed by atoms with Crippen molar-refractivity contribution in [1.82, 2.24) is 5.32 Å². The van der Waals surface area contributed by atoms with E-state index in [0.717, 1.165) is 6.54 Å². The van der Waals surface area contributed by atoms with Crippen LogP contribution in [0, 0.1) is 0 Å². The molecule has 4 nitrogen and oxygen atoms in total. The van der Waals surface area contributed by atoms with Crippen molar-refractivity contribution in [1.29, 1.82) is 0 Å². The highest BCUT2D eigenvalue weighted by Gasteiger charge is 2.17. The maximum absolute atomic E-state index is 12.2. The Labute approximate surface area is 132 Å². The number of carbonyl (C=O) groups is 1. The van der Waals surface area contributed by atoms with Crippen molar-refractivity contribution in [3.05, 3.63) is 24.3 Å². The lowest BCUT2D eigenvalue weighted by Gasteiger charge is -2.23. The lowest BCUT2D eigenvalue weighted by molar-refractivity contribution is -0.119. The molecule has 0 bridgehead atoms. The van der Waals surface area contributed by atoms with Gasteiger partial charge in [-0.15, -0.1) is 12.4 Å². The van der Waals surface area contributed by atoms with Gasteiger partial charge in [0.2, 0.25) is 5.91 Å². The number of rotatable bonds is 5. The number of carbonyl (C=O) groups excluding carboxylic acids is 1. The minimum atomic E-state index is -2.44. The summed E-state index contributed by atoms with van der Waals surface area (Å²) in [4.78, 5) is 12.3. The first-order chi connectivity index (χ1) is 9.63. The number of thioether (sulfide) groups is 1. The van der Waals surface area contributed by atoms with Crippen molar-refractivity contribution in [3.8, 4) is 0 Å². The molecule has 0 aliphatic carbocycles. The molecule has 1 aromatic rings. The molecule has 0 radical (unpaired) electrons. The molecule has 1 aliphatic heterocycles. The van der Waals surface area contributed by atoms with E-state index < -0.39 is 5.76 Å². The van der Waals surface area contributed by atoms with E-state index >= 15 is 0 Å². The second-order valence-corrected chi connectivity index (χ2v) is 5.42. The highest BCUT2D eigenvalue weighted by Crippen LogP contribution is 2.26. The van der Waals surface area contributed by atoms with Crippen LogP contribution < -0.4 is 10.6 Å². The van der Waals surface area contributed by atoms with Gasteiger partial charge in [0, 0.05) is 23.7 Å². The molecule has 1 fully saturated rings. The average molecular weight is 339 g/mol. The van der Waals surface area contributed by atoms with E-state index in [2.05, 4.69) is 10.6 Å². The zero-order valence-electron chi connectivity index (χ0n) is 11.2. The second kappa shape index (κ2) is 9.19. The molecule has 1 heterocycles. The van der Waals surface area contributed by atoms with Crippen LogP contribution in [-0.2, 0) is 9.53 Å². The van der Waals surface area contributed by atoms with Crippen LogP contribution in [0.1, 0.15) is 6.42 Å². The van der Waals surface area contributed by atoms with E-state index in [0.29, 0.717) is 35.5 Å². The highest BCUT2D eigenvalue weighted by atomic mass is 35.5. The third-order valence-corrected chi connectivity index (χ3v) is 3.50. The fourth-order valence-corrected chi connectivity index (χ4v) is 2.39. The van der Waals surface area contributed by atoms with E-state index in [1.165, 1.54) is 0 Å². The summed E-state index contributed by atoms with van der Waals surface area (Å²) in [5, 5.41) is 5.88. The Morgan fingerprint density at radius 1 is 1.43 bits per heavy atom. The molecule has 0 spiro atoms. The number of hydrogen-bond donors (Lipinski definition) is 2. The van der Waals surface area contributed by atoms with Crippen molar-refractivity contribution in [2.45, 2.75) is 23.2 Å². The lowest BCUT2D eigenvalue weighted by atomic mass is 10.2. The summed E-state index contributed by atoms with van der Waals surface area (Å²) in [6, 6.07) is 6.35. The Morgan fingerprint density at radius 3 is 2.71 bits per heavy atom. The topological polar surface area (TPSA) is 50.4 Å². The Kier molecular flexibility index (Phi) is 7.95. The molecular weight excluding hydrogens is 322 g/mol. The van der Waals surface area contributed by atoms with E-state index in [1.54, 1.807) is 24.3 Å². The standard InChI is InChI=1S/C13H16F2N2O2S.ClH/c14-13(15)20-11-3-1-9(2-4-11)17-12(18)7-10-8-16-5-6-19-10;/h1-4,10,13,16H,5-8H2,(H,17,18);1H. The lowest BCUT2D eigenvalue weighted by Crippen LogP contribution is -2.40. The number of anilines is 1. The van der Waals surface area contributed by atoms with Crippen LogP contribution in [0.15, 0.2) is 29.2 Å². The van der Waals surface area contributed by atoms with Gasteiger partial charge in [-0.25, -0.2) is 0 Å². The largest absolute Gasteiger partial charge is 0.375 e. The number of alkyl halides is 2. The van der Waals surface area contributed by atoms with Crippen molar-refractivity contribution in [3.63, 3.8) is 0 Å². The monoisotopic (exact) mass is 338 g/mol. The van der Waals surface area contributed by atoms with Crippen LogP contribution in [0.25, 0.3) is 0 Å². The van der Waals surface area contributed by atoms with Crippen LogP contribution in [-0.4, -0.2) is 37.5 Å². The smallest absolute Gasteiger partial charge is 0.288 e. The van der Waals surface area contributed by atoms with Crippen molar-refractivity contribution in [2.75, 3.05) is 25.0 Å². The van der Waals surface area contributed by atoms with Gasteiger partial charge in [0.05, 0.1) is 19.1 Å². The number of nitrogens with one attached hydrogen (secondary N) is 2. The zero-order valence-corrected chi connectivity index (χ0v) is 12.8. The van der Waals surface area contributed by atoms with Crippen LogP contribution >= 0.6 is 24.2 Å². The summed E-state index contributed by atoms with van der Waals surface area (Å²) in [5.74, 6) is -2.58. The summed E-state index contributed by atoms with van der Waals surface area (Å²) < 4.78 is 29.8. The normalized spacial score (nSPS) is 18.1. The summed E-state index contributed by atoms with van der Waals surface area (Å²) in [5.41, 5.74) is 0.595. The predicted octanol–water partition coefficient (Wildman–Crippen LogP) is 2.74. The van der Waals surface area contributed by atoms with Crippen LogP contribution in [0.4, 0.5) is 14.5 Å². The minimum absolute atomic E-state index is 0. The fraction of sp³-hybridized carbons (Fsp3) is 0.462. The Hall–Kier alpha value is -0.890. The molecule has 1 aromatic carbocycles. The van der Waals surface area contributed by atoms with Crippen molar-refractivity contribution < 1.29 is 18.3 Å². The number of morpholine rings is 1. The third-order valence-electron chi connectivity index (χ3n) is 2.78. The van der Waals surface area contributed by atoms with E-state index in [1.807, 2.05) is 0 Å². The second-order valence-electron chi connectivity index (χ2n) is 4.35. The van der Waals surface area contributed by atoms with Crippen LogP contribution in [0.2, 0.25) is 0 Å². The van der Waals surface area contributed by atoms with Gasteiger partial charge in [0.1, 0.15) is 0 Å². The summed E-state index contributed by atoms with van der Waals surface area (Å²) >= 11 is 0.480. The van der Waals surface area contributed by atoms with Gasteiger partial charge in [0.15, 0.2) is 0 Å². The van der Waals surface area contributed by atoms with Gasteiger partial charge in [-0.1, -0.05) is 11.8 Å². The van der Waals surface area contributed by atoms with Gasteiger partial charge < -0.3 is 15.4 Å². The zero-order chi connectivity index (χ0) is 14.4. The molecular formula is C13H17ClF2N2O2S. The molecule has 2 N–H and O–H groups in total. The maximum atomic E-state index is 12.2. The number of halogens is 3. The van der Waals surface area contributed by atoms with Crippen molar-refractivity contribution in [2.24, 2.45) is 0 Å². The molecule has 8 heteroatoms. The van der Waals surface area contributed by atoms with Gasteiger partial charge in [0.25, 0.3) is 5.76 Å². The molecule has 1 atom stereocenters. The first-order valence-electron chi connectivity index (χ1n) is 6.30. The molecule has 1 unspecified atom stereocenters. The van der Waals surface area contributed by atoms with Crippen LogP contribution in [0.5, 0.6) is 0 Å². The number of benzene rings is 1. The minimum Gasteiger partial charge on any atom is -0.375 e. The fourth-order valence-electron chi connectivity index (χ4n) is 1.89. The number of amides is 1. The quantitative estimate of drug-likeness (QED) is 0.811. The molecule has 118 valence electrons. The maximum Gasteiger partial charge on any atom is 0.288 e. The van der Waals surface area contributed by atoms with Gasteiger partial charge >= 0.3 is 0 Å². The van der Waals surface area contributed by atoms with E-state index in [-0.39, 0.29) is 30.8 Å². The Bertz CT molecular complexity index is 442. The Balaban J connectivity index is 0.00000220. The number of hydrogen-bond acceptors (Lipinski definition) is 4. The predicted molar refractivity (Wildman–Crippen MR) is 81.4 cm³/mol. The molecule has 2 rings (SSSR count). The average Bonchev–Trinajstić information content (AvgIpc) is 2.41. The van der Waals surface area contributed by atoms with Gasteiger partial charge in [-0.2, -0.15) is 8.78 Å². The first-order valence-corrected chi connectivity index (χ1v) is 7.18. The van der Waals surface area contributed by atoms with E-state index in [4.69, 9.17) is 4.74 Å². The molecule has 0 aromatic heterocycles. The first kappa shape index (κ1) is 18.2. The van der Waals surface area contributed by atoms with E-state index in [9.17, 15) is 13.6 Å². The van der Waals surface area contributed by atoms with Gasteiger partial charge in [-0.05, 0) is 24.3 Å². The third kappa shape index (κ3) is 6.60. The molecule has 21 heavy (non-hydrogen) atoms. The van der Waals surface area contributed by atoms with Crippen LogP contribution in [0.3, 0.4) is 0 Å². The Morgan fingerprint density at radius 2 is 2.14 bits per heavy atom. The molecule has 0 saturated carbocycles. The van der Waals surface area contributed by atoms with Crippen molar-refractivity contribution >= 4 is 35.8 Å². The summed E-state index contributed by atoms with van der Waals surface area (Å²) in [6.07, 6.45) is 0.165. The molecule has 1 saturated heterocycles. The van der Waals surface area contributed by atoms with Gasteiger partial charge in [-0.3, -0.25) is 4.79 Å². The number of ether oxygens (including phenoxy) is 1.